The maximum Gasteiger partial charge on any atom is 0.218 e. The van der Waals surface area contributed by atoms with Crippen molar-refractivity contribution in [3.63, 3.8) is 0 Å². The molecule has 0 radical (unpaired) electrons. The predicted octanol–water partition coefficient (Wildman–Crippen LogP) is 2.69. The number of likely N-dealkylation sites (N-methyl/N-ethyl adjacent to an activating group) is 1. The molecule has 0 heterocycles. The van der Waals surface area contributed by atoms with Crippen molar-refractivity contribution < 1.29 is 8.42 Å². The van der Waals surface area contributed by atoms with Crippen molar-refractivity contribution >= 4 is 10.0 Å². The lowest BCUT2D eigenvalue weighted by molar-refractivity contribution is 0.471. The first-order valence-corrected chi connectivity index (χ1v) is 8.21. The molecule has 2 aromatic rings. The minimum atomic E-state index is -3.25. The van der Waals surface area contributed by atoms with Gasteiger partial charge in [-0.25, -0.2) is 12.7 Å². The zero-order valence-corrected chi connectivity index (χ0v) is 12.4. The number of hydrogen-bond acceptors (Lipinski definition) is 2. The minimum absolute atomic E-state index is 0.0547. The smallest absolute Gasteiger partial charge is 0.212 e. The maximum atomic E-state index is 12.2. The molecule has 4 heteroatoms. The molecule has 0 unspecified atom stereocenters. The Labute approximate surface area is 120 Å². The molecule has 0 amide bonds. The normalized spacial score (nSPS) is 11.7. The molecule has 0 spiro atoms. The van der Waals surface area contributed by atoms with Gasteiger partial charge in [-0.2, -0.15) is 0 Å². The second kappa shape index (κ2) is 6.68. The van der Waals surface area contributed by atoms with Gasteiger partial charge in [-0.15, -0.1) is 0 Å². The highest BCUT2D eigenvalue weighted by atomic mass is 32.2. The van der Waals surface area contributed by atoms with Crippen LogP contribution in [0.3, 0.4) is 0 Å². The van der Waals surface area contributed by atoms with Crippen molar-refractivity contribution in [3.05, 3.63) is 71.8 Å². The summed E-state index contributed by atoms with van der Waals surface area (Å²) >= 11 is 0. The van der Waals surface area contributed by atoms with Crippen LogP contribution in [0.1, 0.15) is 11.1 Å². The standard InChI is InChI=1S/C16H19NO2S/c1-17(13-12-15-8-4-2-5-9-15)20(18,19)14-16-10-6-3-7-11-16/h2-11H,12-14H2,1H3. The SMILES string of the molecule is CN(CCc1ccccc1)S(=O)(=O)Cc1ccccc1. The van der Waals surface area contributed by atoms with Crippen molar-refractivity contribution in [2.45, 2.75) is 12.2 Å². The molecule has 20 heavy (non-hydrogen) atoms. The zero-order valence-electron chi connectivity index (χ0n) is 11.6. The van der Waals surface area contributed by atoms with Crippen LogP contribution < -0.4 is 0 Å². The van der Waals surface area contributed by atoms with Gasteiger partial charge in [-0.3, -0.25) is 0 Å². The van der Waals surface area contributed by atoms with E-state index in [0.29, 0.717) is 6.54 Å². The first kappa shape index (κ1) is 14.8. The Kier molecular flexibility index (Phi) is 4.93. The molecule has 0 atom stereocenters. The number of hydrogen-bond donors (Lipinski definition) is 0. The summed E-state index contributed by atoms with van der Waals surface area (Å²) < 4.78 is 25.9. The molecule has 2 rings (SSSR count). The third kappa shape index (κ3) is 4.18. The van der Waals surface area contributed by atoms with E-state index in [-0.39, 0.29) is 5.75 Å². The summed E-state index contributed by atoms with van der Waals surface area (Å²) in [7, 11) is -1.61. The summed E-state index contributed by atoms with van der Waals surface area (Å²) in [5, 5.41) is 0. The molecule has 0 aliphatic rings. The Morgan fingerprint density at radius 2 is 1.35 bits per heavy atom. The summed E-state index contributed by atoms with van der Waals surface area (Å²) in [6, 6.07) is 19.2. The molecule has 3 nitrogen and oxygen atoms in total. The van der Waals surface area contributed by atoms with Gasteiger partial charge in [0.05, 0.1) is 5.75 Å². The van der Waals surface area contributed by atoms with Crippen LogP contribution in [0, 0.1) is 0 Å². The molecule has 0 saturated carbocycles. The summed E-state index contributed by atoms with van der Waals surface area (Å²) in [5.74, 6) is 0.0547. The van der Waals surface area contributed by atoms with Gasteiger partial charge in [0.25, 0.3) is 0 Å². The third-order valence-corrected chi connectivity index (χ3v) is 5.06. The number of sulfonamides is 1. The molecule has 0 fully saturated rings. The van der Waals surface area contributed by atoms with Gasteiger partial charge in [-0.1, -0.05) is 60.7 Å². The van der Waals surface area contributed by atoms with Crippen molar-refractivity contribution in [2.24, 2.45) is 0 Å². The first-order valence-electron chi connectivity index (χ1n) is 6.60. The van der Waals surface area contributed by atoms with Crippen LogP contribution in [0.15, 0.2) is 60.7 Å². The van der Waals surface area contributed by atoms with Crippen molar-refractivity contribution in [1.82, 2.24) is 4.31 Å². The molecule has 0 aliphatic carbocycles. The average Bonchev–Trinajstić information content (AvgIpc) is 2.46. The largest absolute Gasteiger partial charge is 0.218 e. The van der Waals surface area contributed by atoms with Gasteiger partial charge >= 0.3 is 0 Å². The molecule has 0 N–H and O–H groups in total. The van der Waals surface area contributed by atoms with Crippen LogP contribution in [0.4, 0.5) is 0 Å². The predicted molar refractivity (Wildman–Crippen MR) is 81.8 cm³/mol. The molecular weight excluding hydrogens is 270 g/mol. The van der Waals surface area contributed by atoms with Crippen molar-refractivity contribution in [1.29, 1.82) is 0 Å². The molecule has 0 aromatic heterocycles. The molecule has 2 aromatic carbocycles. The van der Waals surface area contributed by atoms with E-state index in [2.05, 4.69) is 0 Å². The van der Waals surface area contributed by atoms with Crippen molar-refractivity contribution in [2.75, 3.05) is 13.6 Å². The lowest BCUT2D eigenvalue weighted by Crippen LogP contribution is -2.30. The Hall–Kier alpha value is -1.65. The van der Waals surface area contributed by atoms with Crippen LogP contribution in [0.25, 0.3) is 0 Å². The second-order valence-corrected chi connectivity index (χ2v) is 6.87. The molecule has 0 bridgehead atoms. The number of benzene rings is 2. The fourth-order valence-corrected chi connectivity index (χ4v) is 3.17. The van der Waals surface area contributed by atoms with Crippen LogP contribution in [-0.2, 0) is 22.2 Å². The molecular formula is C16H19NO2S. The van der Waals surface area contributed by atoms with E-state index in [9.17, 15) is 8.42 Å². The van der Waals surface area contributed by atoms with Crippen LogP contribution in [0.2, 0.25) is 0 Å². The van der Waals surface area contributed by atoms with Gasteiger partial charge in [0.2, 0.25) is 10.0 Å². The Bertz CT molecular complexity index is 624. The lowest BCUT2D eigenvalue weighted by Gasteiger charge is -2.17. The number of rotatable bonds is 6. The Morgan fingerprint density at radius 3 is 1.90 bits per heavy atom. The molecule has 106 valence electrons. The Morgan fingerprint density at radius 1 is 0.850 bits per heavy atom. The average molecular weight is 289 g/mol. The van der Waals surface area contributed by atoms with E-state index < -0.39 is 10.0 Å². The summed E-state index contributed by atoms with van der Waals surface area (Å²) in [6.07, 6.45) is 0.728. The highest BCUT2D eigenvalue weighted by Gasteiger charge is 2.17. The van der Waals surface area contributed by atoms with Crippen LogP contribution >= 0.6 is 0 Å². The first-order chi connectivity index (χ1) is 9.58. The molecule has 0 aliphatic heterocycles. The van der Waals surface area contributed by atoms with E-state index in [1.165, 1.54) is 4.31 Å². The minimum Gasteiger partial charge on any atom is -0.212 e. The van der Waals surface area contributed by atoms with Crippen LogP contribution in [-0.4, -0.2) is 26.3 Å². The molecule has 0 saturated heterocycles. The quantitative estimate of drug-likeness (QED) is 0.820. The maximum absolute atomic E-state index is 12.2. The van der Waals surface area contributed by atoms with E-state index >= 15 is 0 Å². The monoisotopic (exact) mass is 289 g/mol. The van der Waals surface area contributed by atoms with Crippen LogP contribution in [0.5, 0.6) is 0 Å². The van der Waals surface area contributed by atoms with Gasteiger partial charge in [0, 0.05) is 13.6 Å². The fraction of sp³-hybridized carbons (Fsp3) is 0.250. The highest BCUT2D eigenvalue weighted by Crippen LogP contribution is 2.10. The topological polar surface area (TPSA) is 37.4 Å². The van der Waals surface area contributed by atoms with E-state index in [1.54, 1.807) is 7.05 Å². The van der Waals surface area contributed by atoms with E-state index in [4.69, 9.17) is 0 Å². The third-order valence-electron chi connectivity index (χ3n) is 3.22. The fourth-order valence-electron chi connectivity index (χ4n) is 1.97. The van der Waals surface area contributed by atoms with Crippen molar-refractivity contribution in [3.8, 4) is 0 Å². The lowest BCUT2D eigenvalue weighted by atomic mass is 10.2. The summed E-state index contributed by atoms with van der Waals surface area (Å²) in [5.41, 5.74) is 1.97. The van der Waals surface area contributed by atoms with Gasteiger partial charge in [0.1, 0.15) is 0 Å². The van der Waals surface area contributed by atoms with E-state index in [1.807, 2.05) is 60.7 Å². The van der Waals surface area contributed by atoms with Gasteiger partial charge in [-0.05, 0) is 17.5 Å². The van der Waals surface area contributed by atoms with Gasteiger partial charge in [0.15, 0.2) is 0 Å². The summed E-state index contributed by atoms with van der Waals surface area (Å²) in [4.78, 5) is 0. The number of nitrogens with zero attached hydrogens (tertiary/aromatic N) is 1. The highest BCUT2D eigenvalue weighted by molar-refractivity contribution is 7.88. The second-order valence-electron chi connectivity index (χ2n) is 4.80. The van der Waals surface area contributed by atoms with Gasteiger partial charge < -0.3 is 0 Å². The Balaban J connectivity index is 1.95. The summed E-state index contributed by atoms with van der Waals surface area (Å²) in [6.45, 7) is 0.499. The zero-order chi connectivity index (χ0) is 14.4. The van der Waals surface area contributed by atoms with E-state index in [0.717, 1.165) is 17.5 Å².